The lowest BCUT2D eigenvalue weighted by atomic mass is 10.0. The van der Waals surface area contributed by atoms with Gasteiger partial charge >= 0.3 is 0 Å². The van der Waals surface area contributed by atoms with E-state index in [1.807, 2.05) is 0 Å². The van der Waals surface area contributed by atoms with Crippen molar-refractivity contribution in [2.24, 2.45) is 56.6 Å². The van der Waals surface area contributed by atoms with Crippen LogP contribution in [-0.4, -0.2) is 200 Å². The molecule has 1 aromatic rings. The zero-order valence-corrected chi connectivity index (χ0v) is 50.7. The summed E-state index contributed by atoms with van der Waals surface area (Å²) in [5.41, 5.74) is 51.3. The van der Waals surface area contributed by atoms with Gasteiger partial charge < -0.3 is 115 Å². The summed E-state index contributed by atoms with van der Waals surface area (Å²) in [6, 6.07) is -4.28. The molecule has 1 aliphatic heterocycles. The number of nitrogens with two attached hydrogens (primary N) is 9. The molecule has 0 aliphatic carbocycles. The number of phenols is 1. The summed E-state index contributed by atoms with van der Waals surface area (Å²) < 4.78 is 0. The van der Waals surface area contributed by atoms with E-state index in [1.54, 1.807) is 0 Å². The van der Waals surface area contributed by atoms with E-state index in [0.717, 1.165) is 0 Å². The van der Waals surface area contributed by atoms with E-state index < -0.39 is 127 Å². The number of guanidine groups is 1. The first-order valence-electron chi connectivity index (χ1n) is 30.2. The first kappa shape index (κ1) is 76.5. The van der Waals surface area contributed by atoms with E-state index >= 15 is 0 Å². The third-order valence-electron chi connectivity index (χ3n) is 14.2. The number of phenolic OH excluding ortho intramolecular Hbond substituents is 1. The molecule has 2 rings (SSSR count). The number of aliphatic hydroxyl groups excluding tert-OH is 1. The molecule has 32 nitrogen and oxygen atoms in total. The Bertz CT molecular complexity index is 2430. The zero-order valence-electron chi connectivity index (χ0n) is 50.7. The Labute approximate surface area is 514 Å². The minimum Gasteiger partial charge on any atom is -0.508 e. The topological polar surface area (TPSA) is 569 Å². The molecule has 0 spiro atoms. The monoisotopic (exact) mass is 1240 g/mol. The normalized spacial score (nSPS) is 15.8. The molecule has 0 bridgehead atoms. The lowest BCUT2D eigenvalue weighted by Gasteiger charge is -2.30. The van der Waals surface area contributed by atoms with Crippen molar-refractivity contribution in [1.82, 2.24) is 52.8 Å². The first-order chi connectivity index (χ1) is 42.0. The van der Waals surface area contributed by atoms with Gasteiger partial charge in [0.05, 0.1) is 18.7 Å². The number of benzene rings is 1. The number of aliphatic hydroxyl groups is 1. The molecule has 88 heavy (non-hydrogen) atoms. The molecule has 1 aliphatic rings. The van der Waals surface area contributed by atoms with Crippen molar-refractivity contribution in [2.45, 2.75) is 171 Å². The Morgan fingerprint density at radius 3 is 1.83 bits per heavy atom. The van der Waals surface area contributed by atoms with Crippen LogP contribution >= 0.6 is 0 Å². The van der Waals surface area contributed by atoms with Gasteiger partial charge in [-0.25, -0.2) is 0 Å². The number of hydrogen-bond acceptors (Lipinski definition) is 20. The number of aliphatic imine (C=N–C) groups is 1. The summed E-state index contributed by atoms with van der Waals surface area (Å²) in [5, 5.41) is 43.9. The van der Waals surface area contributed by atoms with Crippen LogP contribution in [0.2, 0.25) is 0 Å². The number of aromatic hydroxyl groups is 1. The lowest BCUT2D eigenvalue weighted by Crippen LogP contribution is -2.60. The molecule has 0 aromatic heterocycles. The molecule has 10 amide bonds. The second-order valence-electron chi connectivity index (χ2n) is 21.4. The molecule has 1 saturated heterocycles. The van der Waals surface area contributed by atoms with Crippen molar-refractivity contribution in [3.05, 3.63) is 41.6 Å². The van der Waals surface area contributed by atoms with E-state index in [9.17, 15) is 58.2 Å². The number of rotatable bonds is 44. The number of carbonyl (C=O) groups excluding carboxylic acids is 10. The minimum absolute atomic E-state index is 0.0127. The maximum Gasteiger partial charge on any atom is 0.268 e. The van der Waals surface area contributed by atoms with Gasteiger partial charge in [-0.3, -0.25) is 52.9 Å². The Morgan fingerprint density at radius 2 is 1.23 bits per heavy atom. The number of nitrogens with zero attached hydrogens (tertiary/aromatic N) is 2. The van der Waals surface area contributed by atoms with Crippen LogP contribution in [0.4, 0.5) is 0 Å². The third-order valence-corrected chi connectivity index (χ3v) is 14.2. The Kier molecular flexibility index (Phi) is 37.5. The average Bonchev–Trinajstić information content (AvgIpc) is 2.15. The standard InChI is InChI=1S/C56H100N20O12/c1-34(69-54(87)46(44(78)32-62)75-48(81)37(63)13-2-5-23-57)47(80)68-33-45(79)70-41(16-10-27-61)55(88)76-30-12-18-43(76)53(86)74-42(31-35-19-21-36(77)22-20-35)52(85)73-39(15-4-7-25-59)50(83)72-40(17-11-29-67-56(64)65)51(84)71-38(14-3-6-24-58)49(82)66-28-9-8-26-60/h17,19-22,34,37-39,41-44,46,77-78H,2-16,18,23-33,57-63H2,1H3,(H,66,82)(H,68,80)(H,69,87)(H,70,79)(H,71,84)(H,72,83)(H,73,85)(H,74,86)(H,75,81)(H4,64,65,67)/b40-17-/t34-,37-,38-,39-,41+,42-,43-,44-,46-/m0/s1. The molecule has 0 unspecified atom stereocenters. The fraction of sp³-hybridized carbons (Fsp3) is 0.661. The highest BCUT2D eigenvalue weighted by molar-refractivity contribution is 6.02. The molecular weight excluding hydrogens is 1140 g/mol. The molecule has 1 fully saturated rings. The Morgan fingerprint density at radius 1 is 0.636 bits per heavy atom. The molecule has 1 heterocycles. The highest BCUT2D eigenvalue weighted by atomic mass is 16.3. The Hall–Kier alpha value is -7.59. The molecule has 29 N–H and O–H groups in total. The van der Waals surface area contributed by atoms with Gasteiger partial charge in [0.15, 0.2) is 5.96 Å². The van der Waals surface area contributed by atoms with Gasteiger partial charge in [0, 0.05) is 32.6 Å². The van der Waals surface area contributed by atoms with Gasteiger partial charge in [0.25, 0.3) is 5.91 Å². The summed E-state index contributed by atoms with van der Waals surface area (Å²) in [4.78, 5) is 143. The van der Waals surface area contributed by atoms with Crippen molar-refractivity contribution < 1.29 is 58.2 Å². The molecule has 0 saturated carbocycles. The fourth-order valence-corrected chi connectivity index (χ4v) is 9.19. The van der Waals surface area contributed by atoms with Gasteiger partial charge in [-0.05, 0) is 154 Å². The van der Waals surface area contributed by atoms with Crippen LogP contribution in [0.3, 0.4) is 0 Å². The molecular formula is C56H100N20O12. The summed E-state index contributed by atoms with van der Waals surface area (Å²) in [6.07, 6.45) is 5.21. The van der Waals surface area contributed by atoms with Crippen LogP contribution < -0.4 is 99.5 Å². The number of likely N-dealkylation sites (tertiary alicyclic amines) is 1. The van der Waals surface area contributed by atoms with Crippen molar-refractivity contribution in [1.29, 1.82) is 0 Å². The molecule has 1 aromatic carbocycles. The molecule has 0 radical (unpaired) electrons. The van der Waals surface area contributed by atoms with Crippen LogP contribution in [0.15, 0.2) is 41.0 Å². The van der Waals surface area contributed by atoms with Crippen molar-refractivity contribution in [3.63, 3.8) is 0 Å². The predicted molar refractivity (Wildman–Crippen MR) is 330 cm³/mol. The molecule has 32 heteroatoms. The van der Waals surface area contributed by atoms with Gasteiger partial charge in [-0.2, -0.15) is 0 Å². The Balaban J connectivity index is 2.39. The van der Waals surface area contributed by atoms with Crippen molar-refractivity contribution in [3.8, 4) is 5.75 Å². The first-order valence-corrected chi connectivity index (χ1v) is 30.2. The van der Waals surface area contributed by atoms with Gasteiger partial charge in [0.2, 0.25) is 53.2 Å². The maximum absolute atomic E-state index is 14.6. The van der Waals surface area contributed by atoms with E-state index in [1.165, 1.54) is 42.2 Å². The number of hydrogen-bond donors (Lipinski definition) is 20. The lowest BCUT2D eigenvalue weighted by molar-refractivity contribution is -0.142. The van der Waals surface area contributed by atoms with Crippen LogP contribution in [0.5, 0.6) is 5.75 Å². The van der Waals surface area contributed by atoms with E-state index in [-0.39, 0.29) is 95.0 Å². The highest BCUT2D eigenvalue weighted by Crippen LogP contribution is 2.21. The fourth-order valence-electron chi connectivity index (χ4n) is 9.19. The molecule has 496 valence electrons. The third kappa shape index (κ3) is 28.9. The number of unbranched alkanes of at least 4 members (excludes halogenated alkanes) is 4. The van der Waals surface area contributed by atoms with Gasteiger partial charge in [0.1, 0.15) is 53.7 Å². The largest absolute Gasteiger partial charge is 0.508 e. The second kappa shape index (κ2) is 43.1. The maximum atomic E-state index is 14.6. The van der Waals surface area contributed by atoms with E-state index in [2.05, 4.69) is 52.8 Å². The minimum atomic E-state index is -1.58. The van der Waals surface area contributed by atoms with Crippen molar-refractivity contribution >= 4 is 65.0 Å². The SMILES string of the molecule is C[C@H](NC(=O)[C@@H](NC(=O)[C@@H](N)CCCCN)[C@@H](O)CN)C(=O)NCC(=O)N[C@H](CCCN)C(=O)N1CCC[C@H]1C(=O)N[C@@H](Cc1ccc(O)cc1)C(=O)N[C@@H](CCCCN)C(=O)N/C(=C\CCN=C(N)N)C(=O)N[C@@H](CCCCN)C(=O)NCCCCN. The quantitative estimate of drug-likeness (QED) is 0.0125. The van der Waals surface area contributed by atoms with Crippen molar-refractivity contribution in [2.75, 3.05) is 65.4 Å². The van der Waals surface area contributed by atoms with Gasteiger partial charge in [-0.15, -0.1) is 0 Å². The van der Waals surface area contributed by atoms with Crippen LogP contribution in [0.25, 0.3) is 0 Å². The predicted octanol–water partition coefficient (Wildman–Crippen LogP) is -6.74. The number of amides is 10. The summed E-state index contributed by atoms with van der Waals surface area (Å²) in [5.74, 6) is -8.02. The summed E-state index contributed by atoms with van der Waals surface area (Å²) in [7, 11) is 0. The zero-order chi connectivity index (χ0) is 65.6. The summed E-state index contributed by atoms with van der Waals surface area (Å²) in [6.45, 7) is 2.12. The van der Waals surface area contributed by atoms with Crippen LogP contribution in [0, 0.1) is 0 Å². The number of carbonyl (C=O) groups is 10. The van der Waals surface area contributed by atoms with Crippen LogP contribution in [-0.2, 0) is 54.4 Å². The van der Waals surface area contributed by atoms with Gasteiger partial charge in [-0.1, -0.05) is 24.6 Å². The smallest absolute Gasteiger partial charge is 0.268 e. The number of nitrogens with one attached hydrogen (secondary N) is 9. The van der Waals surface area contributed by atoms with Crippen LogP contribution in [0.1, 0.15) is 115 Å². The van der Waals surface area contributed by atoms with E-state index in [0.29, 0.717) is 89.5 Å². The average molecular weight is 1250 g/mol. The molecule has 9 atom stereocenters. The summed E-state index contributed by atoms with van der Waals surface area (Å²) >= 11 is 0. The highest BCUT2D eigenvalue weighted by Gasteiger charge is 2.40. The second-order valence-corrected chi connectivity index (χ2v) is 21.4. The van der Waals surface area contributed by atoms with E-state index in [4.69, 9.17) is 51.6 Å².